The van der Waals surface area contributed by atoms with Crippen LogP contribution in [0.25, 0.3) is 0 Å². The molecule has 1 aromatic heterocycles. The van der Waals surface area contributed by atoms with Crippen LogP contribution in [0.5, 0.6) is 5.75 Å². The number of hydrogen-bond acceptors (Lipinski definition) is 3. The van der Waals surface area contributed by atoms with Gasteiger partial charge in [-0.15, -0.1) is 0 Å². The maximum absolute atomic E-state index is 12.8. The Bertz CT molecular complexity index is 816. The van der Waals surface area contributed by atoms with Crippen molar-refractivity contribution in [2.75, 3.05) is 0 Å². The van der Waals surface area contributed by atoms with Gasteiger partial charge < -0.3 is 14.5 Å². The summed E-state index contributed by atoms with van der Waals surface area (Å²) in [6.07, 6.45) is 8.57. The first-order chi connectivity index (χ1) is 13.6. The van der Waals surface area contributed by atoms with Crippen LogP contribution < -0.4 is 10.1 Å². The van der Waals surface area contributed by atoms with Gasteiger partial charge in [0.25, 0.3) is 5.91 Å². The summed E-state index contributed by atoms with van der Waals surface area (Å²) in [5.74, 6) is 4.25. The summed E-state index contributed by atoms with van der Waals surface area (Å²) < 4.78 is 11.6. The van der Waals surface area contributed by atoms with Crippen molar-refractivity contribution in [1.82, 2.24) is 5.32 Å². The monoisotopic (exact) mass is 379 g/mol. The Hall–Kier alpha value is -2.23. The summed E-state index contributed by atoms with van der Waals surface area (Å²) in [4.78, 5) is 12.8. The van der Waals surface area contributed by atoms with Gasteiger partial charge in [-0.25, -0.2) is 0 Å². The van der Waals surface area contributed by atoms with E-state index in [0.29, 0.717) is 18.1 Å². The topological polar surface area (TPSA) is 51.5 Å². The lowest BCUT2D eigenvalue weighted by molar-refractivity contribution is -0.0171. The zero-order valence-corrected chi connectivity index (χ0v) is 16.6. The summed E-state index contributed by atoms with van der Waals surface area (Å²) in [5, 5.41) is 3.37. The minimum atomic E-state index is -0.0690. The Labute approximate surface area is 166 Å². The predicted octanol–water partition coefficient (Wildman–Crippen LogP) is 5.12. The van der Waals surface area contributed by atoms with Crippen LogP contribution in [-0.4, -0.2) is 11.4 Å². The van der Waals surface area contributed by atoms with Gasteiger partial charge in [0.15, 0.2) is 5.76 Å². The normalized spacial score (nSPS) is 30.4. The Morgan fingerprint density at radius 2 is 1.68 bits per heavy atom. The predicted molar refractivity (Wildman–Crippen MR) is 107 cm³/mol. The average Bonchev–Trinajstić information content (AvgIpc) is 3.14. The van der Waals surface area contributed by atoms with Gasteiger partial charge >= 0.3 is 0 Å². The molecule has 4 heteroatoms. The number of furan rings is 1. The van der Waals surface area contributed by atoms with E-state index in [1.807, 2.05) is 18.2 Å². The molecule has 1 heterocycles. The molecule has 4 saturated carbocycles. The Morgan fingerprint density at radius 1 is 1.04 bits per heavy atom. The van der Waals surface area contributed by atoms with Crippen LogP contribution in [0.4, 0.5) is 0 Å². The van der Waals surface area contributed by atoms with Gasteiger partial charge in [0.1, 0.15) is 18.1 Å². The summed E-state index contributed by atoms with van der Waals surface area (Å²) in [6.45, 7) is 2.46. The number of nitrogens with one attached hydrogen (secondary N) is 1. The molecule has 1 N–H and O–H groups in total. The molecule has 0 aliphatic heterocycles. The summed E-state index contributed by atoms with van der Waals surface area (Å²) >= 11 is 0. The molecule has 4 aliphatic rings. The van der Waals surface area contributed by atoms with E-state index in [4.69, 9.17) is 9.15 Å². The Morgan fingerprint density at radius 3 is 2.29 bits per heavy atom. The average molecular weight is 380 g/mol. The Balaban J connectivity index is 1.20. The third-order valence-electron chi connectivity index (χ3n) is 7.02. The number of rotatable bonds is 6. The highest BCUT2D eigenvalue weighted by Gasteiger charge is 2.51. The van der Waals surface area contributed by atoms with Crippen molar-refractivity contribution in [3.63, 3.8) is 0 Å². The van der Waals surface area contributed by atoms with E-state index in [2.05, 4.69) is 24.4 Å². The minimum absolute atomic E-state index is 0.0102. The van der Waals surface area contributed by atoms with Crippen LogP contribution in [0.1, 0.15) is 67.3 Å². The molecule has 28 heavy (non-hydrogen) atoms. The van der Waals surface area contributed by atoms with Crippen molar-refractivity contribution in [3.05, 3.63) is 53.5 Å². The van der Waals surface area contributed by atoms with Crippen LogP contribution in [0.3, 0.4) is 0 Å². The molecule has 148 valence electrons. The van der Waals surface area contributed by atoms with E-state index in [9.17, 15) is 4.79 Å². The number of carbonyl (C=O) groups is 1. The second kappa shape index (κ2) is 6.98. The SMILES string of the molecule is CCc1ccc(OCc2ccc(C(=O)NC34CC5CC(CC(C5)C3)C4)o2)cc1. The molecule has 1 amide bonds. The van der Waals surface area contributed by atoms with Gasteiger partial charge in [-0.05, 0) is 92.5 Å². The van der Waals surface area contributed by atoms with E-state index in [1.165, 1.54) is 24.8 Å². The van der Waals surface area contributed by atoms with Gasteiger partial charge in [0, 0.05) is 5.54 Å². The molecule has 0 radical (unpaired) electrons. The molecule has 0 saturated heterocycles. The fourth-order valence-corrected chi connectivity index (χ4v) is 6.12. The highest BCUT2D eigenvalue weighted by Crippen LogP contribution is 2.55. The van der Waals surface area contributed by atoms with Gasteiger partial charge in [0.05, 0.1) is 0 Å². The van der Waals surface area contributed by atoms with E-state index < -0.39 is 0 Å². The fraction of sp³-hybridized carbons (Fsp3) is 0.542. The summed E-state index contributed by atoms with van der Waals surface area (Å²) in [7, 11) is 0. The highest BCUT2D eigenvalue weighted by molar-refractivity contribution is 5.92. The second-order valence-corrected chi connectivity index (χ2v) is 9.20. The molecule has 0 unspecified atom stereocenters. The molecule has 0 atom stereocenters. The summed E-state index contributed by atoms with van der Waals surface area (Å²) in [5.41, 5.74) is 1.30. The second-order valence-electron chi connectivity index (χ2n) is 9.20. The standard InChI is InChI=1S/C24H29NO3/c1-2-16-3-5-20(6-4-16)27-15-21-7-8-22(28-21)23(26)25-24-12-17-9-18(13-24)11-19(10-17)14-24/h3-8,17-19H,2,9-15H2,1H3,(H,25,26). The van der Waals surface area contributed by atoms with E-state index >= 15 is 0 Å². The van der Waals surface area contributed by atoms with E-state index in [1.54, 1.807) is 6.07 Å². The largest absolute Gasteiger partial charge is 0.486 e. The molecular weight excluding hydrogens is 350 g/mol. The van der Waals surface area contributed by atoms with Crippen LogP contribution in [-0.2, 0) is 13.0 Å². The first kappa shape index (κ1) is 17.8. The lowest BCUT2D eigenvalue weighted by atomic mass is 9.53. The minimum Gasteiger partial charge on any atom is -0.486 e. The van der Waals surface area contributed by atoms with Crippen molar-refractivity contribution < 1.29 is 13.9 Å². The number of hydrogen-bond donors (Lipinski definition) is 1. The van der Waals surface area contributed by atoms with Crippen LogP contribution >= 0.6 is 0 Å². The van der Waals surface area contributed by atoms with E-state index in [0.717, 1.165) is 49.2 Å². The van der Waals surface area contributed by atoms with Crippen molar-refractivity contribution in [1.29, 1.82) is 0 Å². The molecule has 4 aliphatic carbocycles. The molecule has 2 aromatic rings. The molecule has 0 spiro atoms. The van der Waals surface area contributed by atoms with Crippen LogP contribution in [0, 0.1) is 17.8 Å². The fourth-order valence-electron chi connectivity index (χ4n) is 6.12. The van der Waals surface area contributed by atoms with Gasteiger partial charge in [-0.3, -0.25) is 4.79 Å². The number of ether oxygens (including phenoxy) is 1. The molecule has 6 rings (SSSR count). The Kier molecular flexibility index (Phi) is 4.45. The third kappa shape index (κ3) is 3.45. The summed E-state index contributed by atoms with van der Waals surface area (Å²) in [6, 6.07) is 11.7. The van der Waals surface area contributed by atoms with Gasteiger partial charge in [-0.2, -0.15) is 0 Å². The first-order valence-electron chi connectivity index (χ1n) is 10.7. The molecule has 4 fully saturated rings. The zero-order valence-electron chi connectivity index (χ0n) is 16.6. The smallest absolute Gasteiger partial charge is 0.287 e. The zero-order chi connectivity index (χ0) is 19.1. The van der Waals surface area contributed by atoms with Crippen LogP contribution in [0.2, 0.25) is 0 Å². The number of aryl methyl sites for hydroxylation is 1. The van der Waals surface area contributed by atoms with Crippen molar-refractivity contribution in [2.45, 2.75) is 64.0 Å². The number of amides is 1. The van der Waals surface area contributed by atoms with Crippen molar-refractivity contribution >= 4 is 5.91 Å². The van der Waals surface area contributed by atoms with Crippen molar-refractivity contribution in [2.24, 2.45) is 17.8 Å². The van der Waals surface area contributed by atoms with E-state index in [-0.39, 0.29) is 11.4 Å². The highest BCUT2D eigenvalue weighted by atomic mass is 16.5. The van der Waals surface area contributed by atoms with Crippen LogP contribution in [0.15, 0.2) is 40.8 Å². The van der Waals surface area contributed by atoms with Crippen molar-refractivity contribution in [3.8, 4) is 5.75 Å². The maximum atomic E-state index is 12.8. The first-order valence-corrected chi connectivity index (χ1v) is 10.7. The molecule has 1 aromatic carbocycles. The molecule has 4 bridgehead atoms. The maximum Gasteiger partial charge on any atom is 0.287 e. The lowest BCUT2D eigenvalue weighted by Crippen LogP contribution is -2.59. The number of carbonyl (C=O) groups excluding carboxylic acids is 1. The molecule has 4 nitrogen and oxygen atoms in total. The lowest BCUT2D eigenvalue weighted by Gasteiger charge is -2.56. The molecular formula is C24H29NO3. The number of benzene rings is 1. The third-order valence-corrected chi connectivity index (χ3v) is 7.02. The van der Waals surface area contributed by atoms with Gasteiger partial charge in [-0.1, -0.05) is 19.1 Å². The van der Waals surface area contributed by atoms with Gasteiger partial charge in [0.2, 0.25) is 0 Å². The quantitative estimate of drug-likeness (QED) is 0.758.